The second-order valence-corrected chi connectivity index (χ2v) is 6.56. The third-order valence-corrected chi connectivity index (χ3v) is 4.88. The molecule has 0 aliphatic carbocycles. The van der Waals surface area contributed by atoms with Crippen LogP contribution in [0.5, 0.6) is 0 Å². The first-order chi connectivity index (χ1) is 11.5. The summed E-state index contributed by atoms with van der Waals surface area (Å²) in [6.45, 7) is 4.04. The van der Waals surface area contributed by atoms with Crippen molar-refractivity contribution in [2.24, 2.45) is 7.05 Å². The van der Waals surface area contributed by atoms with Gasteiger partial charge in [-0.3, -0.25) is 14.9 Å². The Kier molecular flexibility index (Phi) is 4.52. The number of aryl methyl sites for hydroxylation is 2. The summed E-state index contributed by atoms with van der Waals surface area (Å²) in [5.41, 5.74) is 1.17. The highest BCUT2D eigenvalue weighted by Gasteiger charge is 2.30. The van der Waals surface area contributed by atoms with Gasteiger partial charge < -0.3 is 9.80 Å². The Labute approximate surface area is 143 Å². The Morgan fingerprint density at radius 1 is 1.33 bits per heavy atom. The molecule has 3 heterocycles. The SMILES string of the molecule is Cc1nn(C)c(N2CCCN(C(=O)c3ccsc3)CC2)c1[N+](=O)[O-]. The molecule has 0 saturated carbocycles. The van der Waals surface area contributed by atoms with Gasteiger partial charge in [-0.2, -0.15) is 16.4 Å². The van der Waals surface area contributed by atoms with E-state index in [1.54, 1.807) is 18.7 Å². The van der Waals surface area contributed by atoms with Crippen LogP contribution in [0.1, 0.15) is 22.5 Å². The molecule has 1 saturated heterocycles. The fourth-order valence-corrected chi connectivity index (χ4v) is 3.73. The van der Waals surface area contributed by atoms with E-state index in [2.05, 4.69) is 5.10 Å². The second kappa shape index (κ2) is 6.60. The van der Waals surface area contributed by atoms with Crippen molar-refractivity contribution >= 4 is 28.7 Å². The zero-order valence-electron chi connectivity index (χ0n) is 13.6. The number of rotatable bonds is 3. The van der Waals surface area contributed by atoms with Crippen molar-refractivity contribution < 1.29 is 9.72 Å². The number of nitro groups is 1. The van der Waals surface area contributed by atoms with Crippen LogP contribution < -0.4 is 4.90 Å². The number of anilines is 1. The van der Waals surface area contributed by atoms with Crippen LogP contribution in [0.15, 0.2) is 16.8 Å². The van der Waals surface area contributed by atoms with Gasteiger partial charge in [0.05, 0.1) is 10.5 Å². The van der Waals surface area contributed by atoms with Crippen LogP contribution >= 0.6 is 11.3 Å². The topological polar surface area (TPSA) is 84.5 Å². The number of amides is 1. The predicted molar refractivity (Wildman–Crippen MR) is 91.7 cm³/mol. The summed E-state index contributed by atoms with van der Waals surface area (Å²) < 4.78 is 1.56. The standard InChI is InChI=1S/C15H19N5O3S/c1-11-13(20(22)23)14(17(2)16-11)18-5-3-6-19(8-7-18)15(21)12-4-9-24-10-12/h4,9-10H,3,5-8H2,1-2H3. The Hall–Kier alpha value is -2.42. The molecule has 0 aromatic carbocycles. The van der Waals surface area contributed by atoms with E-state index in [1.807, 2.05) is 26.6 Å². The molecule has 0 atom stereocenters. The molecule has 128 valence electrons. The smallest absolute Gasteiger partial charge is 0.333 e. The highest BCUT2D eigenvalue weighted by molar-refractivity contribution is 7.08. The minimum atomic E-state index is -0.378. The van der Waals surface area contributed by atoms with Gasteiger partial charge in [-0.05, 0) is 24.8 Å². The van der Waals surface area contributed by atoms with Gasteiger partial charge in [-0.1, -0.05) is 0 Å². The first-order valence-electron chi connectivity index (χ1n) is 7.73. The maximum atomic E-state index is 12.5. The van der Waals surface area contributed by atoms with E-state index in [-0.39, 0.29) is 16.5 Å². The molecule has 0 N–H and O–H groups in total. The number of carbonyl (C=O) groups is 1. The van der Waals surface area contributed by atoms with Crippen LogP contribution in [-0.2, 0) is 7.05 Å². The highest BCUT2D eigenvalue weighted by Crippen LogP contribution is 2.31. The van der Waals surface area contributed by atoms with Gasteiger partial charge >= 0.3 is 5.69 Å². The molecule has 0 unspecified atom stereocenters. The molecule has 1 aliphatic rings. The zero-order valence-corrected chi connectivity index (χ0v) is 14.5. The van der Waals surface area contributed by atoms with E-state index in [4.69, 9.17) is 0 Å². The lowest BCUT2D eigenvalue weighted by Crippen LogP contribution is -2.35. The molecular formula is C15H19N5O3S. The van der Waals surface area contributed by atoms with E-state index in [1.165, 1.54) is 11.3 Å². The lowest BCUT2D eigenvalue weighted by molar-refractivity contribution is -0.384. The Morgan fingerprint density at radius 2 is 2.12 bits per heavy atom. The van der Waals surface area contributed by atoms with Crippen LogP contribution in [0.2, 0.25) is 0 Å². The summed E-state index contributed by atoms with van der Waals surface area (Å²) in [5, 5.41) is 19.3. The third kappa shape index (κ3) is 2.99. The van der Waals surface area contributed by atoms with Crippen LogP contribution in [0, 0.1) is 17.0 Å². The van der Waals surface area contributed by atoms with Crippen LogP contribution in [0.3, 0.4) is 0 Å². The molecule has 1 fully saturated rings. The Bertz CT molecular complexity index is 756. The monoisotopic (exact) mass is 349 g/mol. The number of hydrogen-bond acceptors (Lipinski definition) is 6. The molecule has 3 rings (SSSR count). The molecular weight excluding hydrogens is 330 g/mol. The van der Waals surface area contributed by atoms with Crippen molar-refractivity contribution in [1.82, 2.24) is 14.7 Å². The molecule has 0 bridgehead atoms. The van der Waals surface area contributed by atoms with Gasteiger partial charge in [0, 0.05) is 38.6 Å². The van der Waals surface area contributed by atoms with Gasteiger partial charge in [0.25, 0.3) is 5.91 Å². The van der Waals surface area contributed by atoms with E-state index >= 15 is 0 Å². The van der Waals surface area contributed by atoms with E-state index in [0.29, 0.717) is 43.3 Å². The van der Waals surface area contributed by atoms with Gasteiger partial charge in [-0.15, -0.1) is 0 Å². The van der Waals surface area contributed by atoms with Crippen LogP contribution in [0.4, 0.5) is 11.5 Å². The summed E-state index contributed by atoms with van der Waals surface area (Å²) in [7, 11) is 1.72. The first kappa shape index (κ1) is 16.4. The fraction of sp³-hybridized carbons (Fsp3) is 0.467. The third-order valence-electron chi connectivity index (χ3n) is 4.19. The highest BCUT2D eigenvalue weighted by atomic mass is 32.1. The average Bonchev–Trinajstić information content (AvgIpc) is 3.08. The molecule has 0 spiro atoms. The summed E-state index contributed by atoms with van der Waals surface area (Å²) in [5.74, 6) is 0.538. The van der Waals surface area contributed by atoms with Crippen LogP contribution in [0.25, 0.3) is 0 Å². The van der Waals surface area contributed by atoms with Gasteiger partial charge in [0.1, 0.15) is 5.69 Å². The number of aromatic nitrogens is 2. The molecule has 8 nitrogen and oxygen atoms in total. The normalized spacial score (nSPS) is 15.4. The zero-order chi connectivity index (χ0) is 17.3. The number of carbonyl (C=O) groups excluding carboxylic acids is 1. The van der Waals surface area contributed by atoms with Crippen molar-refractivity contribution in [3.8, 4) is 0 Å². The van der Waals surface area contributed by atoms with Crippen LogP contribution in [-0.4, -0.2) is 51.7 Å². The molecule has 9 heteroatoms. The summed E-state index contributed by atoms with van der Waals surface area (Å²) in [6.07, 6.45) is 0.761. The lowest BCUT2D eigenvalue weighted by Gasteiger charge is -2.22. The Morgan fingerprint density at radius 3 is 2.79 bits per heavy atom. The largest absolute Gasteiger partial charge is 0.349 e. The van der Waals surface area contributed by atoms with E-state index < -0.39 is 0 Å². The summed E-state index contributed by atoms with van der Waals surface area (Å²) >= 11 is 1.50. The minimum Gasteiger partial charge on any atom is -0.349 e. The van der Waals surface area contributed by atoms with Crippen molar-refractivity contribution in [3.63, 3.8) is 0 Å². The summed E-state index contributed by atoms with van der Waals surface area (Å²) in [6, 6.07) is 1.82. The molecule has 2 aromatic heterocycles. The number of thiophene rings is 1. The number of hydrogen-bond donors (Lipinski definition) is 0. The maximum Gasteiger partial charge on any atom is 0.333 e. The number of nitrogens with zero attached hydrogens (tertiary/aromatic N) is 5. The maximum absolute atomic E-state index is 12.5. The fourth-order valence-electron chi connectivity index (χ4n) is 3.10. The molecule has 24 heavy (non-hydrogen) atoms. The lowest BCUT2D eigenvalue weighted by atomic mass is 10.3. The van der Waals surface area contributed by atoms with E-state index in [0.717, 1.165) is 6.42 Å². The summed E-state index contributed by atoms with van der Waals surface area (Å²) in [4.78, 5) is 27.3. The van der Waals surface area contributed by atoms with Crippen molar-refractivity contribution in [1.29, 1.82) is 0 Å². The first-order valence-corrected chi connectivity index (χ1v) is 8.67. The molecule has 1 aliphatic heterocycles. The van der Waals surface area contributed by atoms with E-state index in [9.17, 15) is 14.9 Å². The second-order valence-electron chi connectivity index (χ2n) is 5.78. The molecule has 1 amide bonds. The van der Waals surface area contributed by atoms with Crippen molar-refractivity contribution in [3.05, 3.63) is 38.2 Å². The van der Waals surface area contributed by atoms with Gasteiger partial charge in [-0.25, -0.2) is 4.68 Å². The van der Waals surface area contributed by atoms with Gasteiger partial charge in [0.15, 0.2) is 0 Å². The Balaban J connectivity index is 1.79. The van der Waals surface area contributed by atoms with Crippen molar-refractivity contribution in [2.45, 2.75) is 13.3 Å². The van der Waals surface area contributed by atoms with Crippen molar-refractivity contribution in [2.75, 3.05) is 31.1 Å². The molecule has 2 aromatic rings. The minimum absolute atomic E-state index is 0.0220. The average molecular weight is 349 g/mol. The molecule has 0 radical (unpaired) electrons. The predicted octanol–water partition coefficient (Wildman–Crippen LogP) is 2.05. The van der Waals surface area contributed by atoms with Gasteiger partial charge in [0.2, 0.25) is 5.82 Å². The quantitative estimate of drug-likeness (QED) is 0.625.